The average molecular weight is 234 g/mol. The van der Waals surface area contributed by atoms with Gasteiger partial charge in [0.05, 0.1) is 6.61 Å². The van der Waals surface area contributed by atoms with Crippen molar-refractivity contribution in [2.75, 3.05) is 6.61 Å². The van der Waals surface area contributed by atoms with Crippen molar-refractivity contribution >= 4 is 23.0 Å². The molecule has 4 heteroatoms. The van der Waals surface area contributed by atoms with Crippen molar-refractivity contribution in [2.24, 2.45) is 0 Å². The molecule has 1 heterocycles. The minimum absolute atomic E-state index is 0.320. The number of rotatable bonds is 3. The number of hydrogen-bond acceptors (Lipinski definition) is 3. The van der Waals surface area contributed by atoms with Crippen molar-refractivity contribution < 1.29 is 18.3 Å². The molecule has 0 spiro atoms. The summed E-state index contributed by atoms with van der Waals surface area (Å²) < 4.78 is 23.0. The van der Waals surface area contributed by atoms with Gasteiger partial charge in [-0.1, -0.05) is 0 Å². The summed E-state index contributed by atoms with van der Waals surface area (Å²) in [5, 5.41) is 0.661. The van der Waals surface area contributed by atoms with Crippen LogP contribution in [0.2, 0.25) is 0 Å². The first-order valence-corrected chi connectivity index (χ1v) is 5.23. The molecule has 1 aromatic carbocycles. The Hall–Kier alpha value is -2.10. The third-order valence-corrected chi connectivity index (χ3v) is 2.17. The molecule has 0 aliphatic heterocycles. The van der Waals surface area contributed by atoms with Crippen LogP contribution < -0.4 is 0 Å². The first kappa shape index (κ1) is 11.4. The third-order valence-electron chi connectivity index (χ3n) is 2.17. The van der Waals surface area contributed by atoms with Gasteiger partial charge < -0.3 is 9.15 Å². The maximum absolute atomic E-state index is 12.9. The molecule has 2 aromatic rings. The Morgan fingerprint density at radius 1 is 1.47 bits per heavy atom. The summed E-state index contributed by atoms with van der Waals surface area (Å²) in [6, 6.07) is 5.91. The molecule has 0 atom stereocenters. The van der Waals surface area contributed by atoms with Crippen LogP contribution in [0.25, 0.3) is 17.0 Å². The highest BCUT2D eigenvalue weighted by molar-refractivity contribution is 5.88. The van der Waals surface area contributed by atoms with E-state index in [0.717, 1.165) is 0 Å². The van der Waals surface area contributed by atoms with E-state index in [-0.39, 0.29) is 5.82 Å². The second-order valence-corrected chi connectivity index (χ2v) is 3.42. The second-order valence-electron chi connectivity index (χ2n) is 3.42. The van der Waals surface area contributed by atoms with Gasteiger partial charge in [-0.2, -0.15) is 0 Å². The molecule has 3 nitrogen and oxygen atoms in total. The van der Waals surface area contributed by atoms with Gasteiger partial charge in [0.15, 0.2) is 0 Å². The van der Waals surface area contributed by atoms with Crippen molar-refractivity contribution in [2.45, 2.75) is 6.92 Å². The second kappa shape index (κ2) is 4.82. The zero-order valence-electron chi connectivity index (χ0n) is 9.27. The number of hydrogen-bond donors (Lipinski definition) is 0. The predicted octanol–water partition coefficient (Wildman–Crippen LogP) is 3.15. The topological polar surface area (TPSA) is 39.4 Å². The number of carbonyl (C=O) groups excluding carboxylic acids is 1. The quantitative estimate of drug-likeness (QED) is 0.605. The highest BCUT2D eigenvalue weighted by Gasteiger charge is 2.03. The van der Waals surface area contributed by atoms with E-state index in [4.69, 9.17) is 9.15 Å². The molecular weight excluding hydrogens is 223 g/mol. The summed E-state index contributed by atoms with van der Waals surface area (Å²) in [6.45, 7) is 2.06. The van der Waals surface area contributed by atoms with E-state index in [1.165, 1.54) is 24.3 Å². The Balaban J connectivity index is 2.22. The van der Waals surface area contributed by atoms with Gasteiger partial charge in [0.25, 0.3) is 0 Å². The van der Waals surface area contributed by atoms with Crippen LogP contribution in [0.4, 0.5) is 4.39 Å². The molecule has 0 N–H and O–H groups in total. The molecule has 2 rings (SSSR count). The molecule has 1 aromatic heterocycles. The highest BCUT2D eigenvalue weighted by atomic mass is 19.1. The van der Waals surface area contributed by atoms with Crippen LogP contribution in [0.15, 0.2) is 34.8 Å². The molecule has 17 heavy (non-hydrogen) atoms. The maximum atomic E-state index is 12.9. The molecule has 0 aliphatic rings. The highest BCUT2D eigenvalue weighted by Crippen LogP contribution is 2.21. The zero-order chi connectivity index (χ0) is 12.3. The van der Waals surface area contributed by atoms with E-state index in [9.17, 15) is 9.18 Å². The van der Waals surface area contributed by atoms with Crippen molar-refractivity contribution in [1.82, 2.24) is 0 Å². The van der Waals surface area contributed by atoms with Gasteiger partial charge in [-0.25, -0.2) is 9.18 Å². The smallest absolute Gasteiger partial charge is 0.330 e. The van der Waals surface area contributed by atoms with E-state index in [1.54, 1.807) is 19.1 Å². The molecular formula is C13H11FO3. The molecule has 0 bridgehead atoms. The lowest BCUT2D eigenvalue weighted by Gasteiger charge is -1.92. The van der Waals surface area contributed by atoms with Gasteiger partial charge in [0, 0.05) is 11.5 Å². The summed E-state index contributed by atoms with van der Waals surface area (Å²) in [6.07, 6.45) is 2.77. The Kier molecular flexibility index (Phi) is 3.23. The number of ether oxygens (including phenoxy) is 1. The number of fused-ring (bicyclic) bond motifs is 1. The van der Waals surface area contributed by atoms with Gasteiger partial charge in [-0.05, 0) is 37.3 Å². The summed E-state index contributed by atoms with van der Waals surface area (Å²) in [7, 11) is 0. The predicted molar refractivity (Wildman–Crippen MR) is 61.8 cm³/mol. The Labute approximate surface area is 97.5 Å². The standard InChI is InChI=1S/C13H11FO3/c1-2-16-13(15)6-4-11-8-9-7-10(14)3-5-12(9)17-11/h3-8H,2H2,1H3. The Morgan fingerprint density at radius 3 is 3.06 bits per heavy atom. The normalized spacial score (nSPS) is 11.2. The number of carbonyl (C=O) groups is 1. The van der Waals surface area contributed by atoms with E-state index in [2.05, 4.69) is 0 Å². The SMILES string of the molecule is CCOC(=O)C=Cc1cc2cc(F)ccc2o1. The molecule has 88 valence electrons. The fourth-order valence-electron chi connectivity index (χ4n) is 1.46. The molecule has 0 fully saturated rings. The lowest BCUT2D eigenvalue weighted by molar-refractivity contribution is -0.137. The lowest BCUT2D eigenvalue weighted by atomic mass is 10.2. The fourth-order valence-corrected chi connectivity index (χ4v) is 1.46. The lowest BCUT2D eigenvalue weighted by Crippen LogP contribution is -1.98. The summed E-state index contributed by atoms with van der Waals surface area (Å²) in [4.78, 5) is 11.1. The van der Waals surface area contributed by atoms with E-state index in [1.807, 2.05) is 0 Å². The fraction of sp³-hybridized carbons (Fsp3) is 0.154. The van der Waals surface area contributed by atoms with Crippen LogP contribution in [0.5, 0.6) is 0 Å². The van der Waals surface area contributed by atoms with Gasteiger partial charge in [-0.3, -0.25) is 0 Å². The van der Waals surface area contributed by atoms with Crippen LogP contribution in [-0.4, -0.2) is 12.6 Å². The molecule has 0 radical (unpaired) electrons. The number of esters is 1. The third kappa shape index (κ3) is 2.72. The summed E-state index contributed by atoms with van der Waals surface area (Å²) in [5.74, 6) is -0.267. The molecule has 0 unspecified atom stereocenters. The molecule has 0 amide bonds. The van der Waals surface area contributed by atoms with Gasteiger partial charge >= 0.3 is 5.97 Å². The minimum atomic E-state index is -0.431. The van der Waals surface area contributed by atoms with Crippen LogP contribution >= 0.6 is 0 Å². The number of furan rings is 1. The summed E-state index contributed by atoms with van der Waals surface area (Å²) in [5.41, 5.74) is 0.579. The van der Waals surface area contributed by atoms with Crippen LogP contribution in [0.3, 0.4) is 0 Å². The van der Waals surface area contributed by atoms with Crippen molar-refractivity contribution in [3.8, 4) is 0 Å². The van der Waals surface area contributed by atoms with Crippen molar-refractivity contribution in [3.63, 3.8) is 0 Å². The van der Waals surface area contributed by atoms with Crippen LogP contribution in [0.1, 0.15) is 12.7 Å². The minimum Gasteiger partial charge on any atom is -0.463 e. The van der Waals surface area contributed by atoms with Gasteiger partial charge in [0.2, 0.25) is 0 Å². The first-order chi connectivity index (χ1) is 8.19. The monoisotopic (exact) mass is 234 g/mol. The largest absolute Gasteiger partial charge is 0.463 e. The first-order valence-electron chi connectivity index (χ1n) is 5.23. The van der Waals surface area contributed by atoms with E-state index in [0.29, 0.717) is 23.3 Å². The van der Waals surface area contributed by atoms with E-state index >= 15 is 0 Å². The average Bonchev–Trinajstić information content (AvgIpc) is 2.68. The summed E-state index contributed by atoms with van der Waals surface area (Å²) >= 11 is 0. The molecule has 0 saturated carbocycles. The van der Waals surface area contributed by atoms with Crippen LogP contribution in [-0.2, 0) is 9.53 Å². The maximum Gasteiger partial charge on any atom is 0.330 e. The zero-order valence-corrected chi connectivity index (χ0v) is 9.27. The van der Waals surface area contributed by atoms with Crippen LogP contribution in [0, 0.1) is 5.82 Å². The Bertz CT molecular complexity index is 569. The molecule has 0 saturated heterocycles. The van der Waals surface area contributed by atoms with Crippen molar-refractivity contribution in [1.29, 1.82) is 0 Å². The van der Waals surface area contributed by atoms with Gasteiger partial charge in [0.1, 0.15) is 17.2 Å². The van der Waals surface area contributed by atoms with Gasteiger partial charge in [-0.15, -0.1) is 0 Å². The van der Waals surface area contributed by atoms with Crippen molar-refractivity contribution in [3.05, 3.63) is 41.9 Å². The number of halogens is 1. The van der Waals surface area contributed by atoms with E-state index < -0.39 is 5.97 Å². The molecule has 0 aliphatic carbocycles. The number of benzene rings is 1. The Morgan fingerprint density at radius 2 is 2.29 bits per heavy atom.